The van der Waals surface area contributed by atoms with Crippen molar-refractivity contribution >= 4 is 0 Å². The van der Waals surface area contributed by atoms with Gasteiger partial charge < -0.3 is 15.2 Å². The van der Waals surface area contributed by atoms with Crippen molar-refractivity contribution in [1.29, 1.82) is 0 Å². The fraction of sp³-hybridized carbons (Fsp3) is 0.800. The molecule has 5 nitrogen and oxygen atoms in total. The Kier molecular flexibility index (Phi) is 3.69. The van der Waals surface area contributed by atoms with E-state index in [1.54, 1.807) is 0 Å². The fourth-order valence-corrected chi connectivity index (χ4v) is 2.00. The van der Waals surface area contributed by atoms with E-state index in [2.05, 4.69) is 32.2 Å². The second kappa shape index (κ2) is 5.23. The van der Waals surface area contributed by atoms with Gasteiger partial charge in [-0.25, -0.2) is 0 Å². The average Bonchev–Trinajstić information content (AvgIpc) is 2.86. The van der Waals surface area contributed by atoms with E-state index in [-0.39, 0.29) is 0 Å². The van der Waals surface area contributed by atoms with Crippen LogP contribution in [0.1, 0.15) is 32.0 Å². The lowest BCUT2D eigenvalue weighted by Gasteiger charge is -2.17. The van der Waals surface area contributed by atoms with Gasteiger partial charge in [-0.3, -0.25) is 0 Å². The van der Waals surface area contributed by atoms with E-state index in [1.807, 2.05) is 0 Å². The molecule has 2 unspecified atom stereocenters. The summed E-state index contributed by atoms with van der Waals surface area (Å²) in [6.07, 6.45) is 5.13. The molecule has 15 heavy (non-hydrogen) atoms. The summed E-state index contributed by atoms with van der Waals surface area (Å²) in [6, 6.07) is 1.16. The third-order valence-electron chi connectivity index (χ3n) is 2.82. The number of nitrogens with zero attached hydrogens (tertiary/aromatic N) is 2. The van der Waals surface area contributed by atoms with E-state index in [0.29, 0.717) is 18.6 Å². The van der Waals surface area contributed by atoms with Gasteiger partial charge in [0.05, 0.1) is 6.54 Å². The Morgan fingerprint density at radius 3 is 3.33 bits per heavy atom. The highest BCUT2D eigenvalue weighted by atomic mass is 16.5. The molecule has 1 aromatic heterocycles. The first kappa shape index (κ1) is 10.6. The Labute approximate surface area is 89.6 Å². The summed E-state index contributed by atoms with van der Waals surface area (Å²) in [7, 11) is 0. The van der Waals surface area contributed by atoms with Crippen molar-refractivity contribution in [3.63, 3.8) is 0 Å². The molecular weight excluding hydrogens is 192 g/mol. The van der Waals surface area contributed by atoms with E-state index in [4.69, 9.17) is 0 Å². The molecule has 1 aliphatic heterocycles. The summed E-state index contributed by atoms with van der Waals surface area (Å²) in [5, 5.41) is 10.6. The smallest absolute Gasteiger partial charge is 0.213 e. The minimum absolute atomic E-state index is 0.485. The average molecular weight is 210 g/mol. The maximum atomic E-state index is 4.67. The minimum Gasteiger partial charge on any atom is -0.343 e. The van der Waals surface area contributed by atoms with E-state index >= 15 is 0 Å². The Hall–Kier alpha value is -0.940. The van der Waals surface area contributed by atoms with Crippen molar-refractivity contribution in [2.24, 2.45) is 0 Å². The highest BCUT2D eigenvalue weighted by molar-refractivity contribution is 4.81. The number of nitrogens with one attached hydrogen (secondary N) is 2. The first-order chi connectivity index (χ1) is 7.34. The van der Waals surface area contributed by atoms with Crippen molar-refractivity contribution < 1.29 is 4.52 Å². The molecule has 2 rings (SSSR count). The van der Waals surface area contributed by atoms with Crippen LogP contribution in [-0.2, 0) is 6.54 Å². The molecule has 1 aliphatic rings. The number of aromatic nitrogens is 2. The number of hydrogen-bond acceptors (Lipinski definition) is 5. The van der Waals surface area contributed by atoms with Crippen LogP contribution in [0, 0.1) is 0 Å². The van der Waals surface area contributed by atoms with Crippen LogP contribution in [0.2, 0.25) is 0 Å². The lowest BCUT2D eigenvalue weighted by Crippen LogP contribution is -2.33. The zero-order valence-corrected chi connectivity index (χ0v) is 9.07. The quantitative estimate of drug-likeness (QED) is 0.748. The Balaban J connectivity index is 1.66. The van der Waals surface area contributed by atoms with Gasteiger partial charge in [-0.2, -0.15) is 4.98 Å². The Morgan fingerprint density at radius 2 is 2.67 bits per heavy atom. The van der Waals surface area contributed by atoms with Gasteiger partial charge in [0.1, 0.15) is 0 Å². The lowest BCUT2D eigenvalue weighted by molar-refractivity contribution is 0.397. The van der Waals surface area contributed by atoms with Crippen LogP contribution in [0.15, 0.2) is 10.9 Å². The van der Waals surface area contributed by atoms with Crippen molar-refractivity contribution in [1.82, 2.24) is 20.8 Å². The maximum absolute atomic E-state index is 4.67. The lowest BCUT2D eigenvalue weighted by atomic mass is 10.1. The molecule has 0 spiro atoms. The molecule has 2 N–H and O–H groups in total. The van der Waals surface area contributed by atoms with Crippen LogP contribution in [0.5, 0.6) is 0 Å². The third-order valence-corrected chi connectivity index (χ3v) is 2.82. The van der Waals surface area contributed by atoms with Gasteiger partial charge in [-0.15, -0.1) is 0 Å². The van der Waals surface area contributed by atoms with Crippen LogP contribution < -0.4 is 10.6 Å². The Morgan fingerprint density at radius 1 is 1.73 bits per heavy atom. The largest absolute Gasteiger partial charge is 0.343 e. The van der Waals surface area contributed by atoms with Crippen LogP contribution in [0.4, 0.5) is 0 Å². The summed E-state index contributed by atoms with van der Waals surface area (Å²) in [5.41, 5.74) is 0. The zero-order valence-electron chi connectivity index (χ0n) is 9.07. The zero-order chi connectivity index (χ0) is 10.5. The minimum atomic E-state index is 0.485. The van der Waals surface area contributed by atoms with E-state index in [9.17, 15) is 0 Å². The molecule has 0 aromatic carbocycles. The van der Waals surface area contributed by atoms with Gasteiger partial charge in [0, 0.05) is 12.1 Å². The van der Waals surface area contributed by atoms with Crippen molar-refractivity contribution in [2.45, 2.75) is 44.8 Å². The van der Waals surface area contributed by atoms with Crippen molar-refractivity contribution in [3.05, 3.63) is 12.2 Å². The van der Waals surface area contributed by atoms with Gasteiger partial charge in [0.2, 0.25) is 6.39 Å². The summed E-state index contributed by atoms with van der Waals surface area (Å²) in [5.74, 6) is 0.723. The normalized spacial score (nSPS) is 23.1. The predicted octanol–water partition coefficient (Wildman–Crippen LogP) is 0.690. The van der Waals surface area contributed by atoms with Crippen molar-refractivity contribution in [3.8, 4) is 0 Å². The van der Waals surface area contributed by atoms with Gasteiger partial charge in [0.15, 0.2) is 5.82 Å². The maximum Gasteiger partial charge on any atom is 0.213 e. The molecule has 0 saturated carbocycles. The summed E-state index contributed by atoms with van der Waals surface area (Å²) in [4.78, 5) is 3.96. The molecule has 0 bridgehead atoms. The van der Waals surface area contributed by atoms with Crippen molar-refractivity contribution in [2.75, 3.05) is 6.54 Å². The molecule has 5 heteroatoms. The highest BCUT2D eigenvalue weighted by Crippen LogP contribution is 2.10. The molecule has 2 heterocycles. The van der Waals surface area contributed by atoms with Gasteiger partial charge in [-0.05, 0) is 32.7 Å². The van der Waals surface area contributed by atoms with E-state index < -0.39 is 0 Å². The summed E-state index contributed by atoms with van der Waals surface area (Å²) in [6.45, 7) is 4.05. The first-order valence-electron chi connectivity index (χ1n) is 5.56. The molecule has 0 aliphatic carbocycles. The Bertz CT molecular complexity index is 269. The van der Waals surface area contributed by atoms with Gasteiger partial charge in [-0.1, -0.05) is 5.16 Å². The fourth-order valence-electron chi connectivity index (χ4n) is 2.00. The summed E-state index contributed by atoms with van der Waals surface area (Å²) >= 11 is 0. The standard InChI is InChI=1S/C10H18N4O/c1-8(5-9-3-2-4-11-9)12-6-10-13-7-15-14-10/h7-9,11-12H,2-6H2,1H3. The van der Waals surface area contributed by atoms with Crippen LogP contribution in [0.3, 0.4) is 0 Å². The molecule has 0 amide bonds. The highest BCUT2D eigenvalue weighted by Gasteiger charge is 2.16. The number of hydrogen-bond donors (Lipinski definition) is 2. The van der Waals surface area contributed by atoms with Crippen LogP contribution in [0.25, 0.3) is 0 Å². The topological polar surface area (TPSA) is 63.0 Å². The molecule has 84 valence electrons. The molecular formula is C10H18N4O. The third kappa shape index (κ3) is 3.28. The monoisotopic (exact) mass is 210 g/mol. The second-order valence-corrected chi connectivity index (χ2v) is 4.16. The first-order valence-corrected chi connectivity index (χ1v) is 5.56. The predicted molar refractivity (Wildman–Crippen MR) is 56.2 cm³/mol. The summed E-state index contributed by atoms with van der Waals surface area (Å²) < 4.78 is 4.67. The number of rotatable bonds is 5. The van der Waals surface area contributed by atoms with Gasteiger partial charge >= 0.3 is 0 Å². The van der Waals surface area contributed by atoms with E-state index in [0.717, 1.165) is 12.2 Å². The van der Waals surface area contributed by atoms with E-state index in [1.165, 1.54) is 25.8 Å². The van der Waals surface area contributed by atoms with Crippen LogP contribution in [-0.4, -0.2) is 28.8 Å². The van der Waals surface area contributed by atoms with Gasteiger partial charge in [0.25, 0.3) is 0 Å². The molecule has 1 fully saturated rings. The SMILES string of the molecule is CC(CC1CCCN1)NCc1ncon1. The second-order valence-electron chi connectivity index (χ2n) is 4.16. The van der Waals surface area contributed by atoms with Crippen LogP contribution >= 0.6 is 0 Å². The molecule has 2 atom stereocenters. The molecule has 1 aromatic rings. The molecule has 1 saturated heterocycles. The molecule has 0 radical (unpaired) electrons.